The molecule has 1 aliphatic rings. The van der Waals surface area contributed by atoms with Gasteiger partial charge in [0.15, 0.2) is 16.8 Å². The summed E-state index contributed by atoms with van der Waals surface area (Å²) in [7, 11) is 0. The fourth-order valence-corrected chi connectivity index (χ4v) is 2.35. The van der Waals surface area contributed by atoms with Crippen molar-refractivity contribution in [1.29, 1.82) is 0 Å². The van der Waals surface area contributed by atoms with Gasteiger partial charge in [-0.1, -0.05) is 12.2 Å². The van der Waals surface area contributed by atoms with Crippen molar-refractivity contribution in [2.75, 3.05) is 6.56 Å². The van der Waals surface area contributed by atoms with Gasteiger partial charge in [-0.05, 0) is 19.1 Å². The molecule has 1 aliphatic heterocycles. The predicted molar refractivity (Wildman–Crippen MR) is 68.0 cm³/mol. The molecule has 1 aromatic rings. The van der Waals surface area contributed by atoms with Crippen molar-refractivity contribution in [3.63, 3.8) is 0 Å². The molecule has 2 heterocycles. The van der Waals surface area contributed by atoms with Gasteiger partial charge >= 0.3 is 0 Å². The van der Waals surface area contributed by atoms with Gasteiger partial charge in [-0.15, -0.1) is 0 Å². The average Bonchev–Trinajstić information content (AvgIpc) is 2.56. The normalized spacial score (nSPS) is 37.0. The lowest BCUT2D eigenvalue weighted by atomic mass is 9.96. The van der Waals surface area contributed by atoms with Gasteiger partial charge in [-0.2, -0.15) is 0 Å². The highest BCUT2D eigenvalue weighted by Gasteiger charge is 2.52. The average molecular weight is 310 g/mol. The maximum Gasteiger partial charge on any atom is 0.180 e. The third kappa shape index (κ3) is 2.37. The number of hydrogen-bond acceptors (Lipinski definition) is 6. The number of ether oxygens (including phenoxy) is 1. The minimum absolute atomic E-state index is 0.0852. The van der Waals surface area contributed by atoms with E-state index in [1.54, 1.807) is 0 Å². The number of hydrogen-bond donors (Lipinski definition) is 4. The van der Waals surface area contributed by atoms with Gasteiger partial charge in [-0.3, -0.25) is 4.57 Å². The maximum atomic E-state index is 13.6. The van der Waals surface area contributed by atoms with Crippen LogP contribution in [0.1, 0.15) is 15.9 Å². The zero-order chi connectivity index (χ0) is 16.2. The van der Waals surface area contributed by atoms with Crippen LogP contribution in [0, 0.1) is 15.2 Å². The Balaban J connectivity index is 2.53. The highest BCUT2D eigenvalue weighted by atomic mass is 32.1. The predicted octanol–water partition coefficient (Wildman–Crippen LogP) is 0.416. The highest BCUT2D eigenvalue weighted by Crippen LogP contribution is 2.38. The molecule has 0 spiro atoms. The molecule has 9 heteroatoms. The molecule has 0 aromatic carbocycles. The van der Waals surface area contributed by atoms with E-state index in [0.717, 1.165) is 17.7 Å². The SMILES string of the molecule is [2H]C([2H])(O)[C@H]1O[C@@H](n2cc(F)c(=S)[nH]c2=S)C(C)(O)[C@H]1O. The minimum atomic E-state index is -2.90. The fraction of sp³-hybridized carbons (Fsp3) is 0.600. The van der Waals surface area contributed by atoms with Gasteiger partial charge in [0, 0.05) is 6.20 Å². The van der Waals surface area contributed by atoms with Gasteiger partial charge < -0.3 is 25.0 Å². The molecule has 1 saturated heterocycles. The van der Waals surface area contributed by atoms with Gasteiger partial charge in [0.25, 0.3) is 0 Å². The summed E-state index contributed by atoms with van der Waals surface area (Å²) in [6, 6.07) is 0. The highest BCUT2D eigenvalue weighted by molar-refractivity contribution is 7.72. The number of rotatable bonds is 2. The van der Waals surface area contributed by atoms with Crippen LogP contribution in [-0.4, -0.2) is 49.2 Å². The molecule has 6 nitrogen and oxygen atoms in total. The Morgan fingerprint density at radius 1 is 1.68 bits per heavy atom. The van der Waals surface area contributed by atoms with Crippen molar-refractivity contribution in [1.82, 2.24) is 9.55 Å². The number of aromatic nitrogens is 2. The monoisotopic (exact) mass is 310 g/mol. The Hall–Kier alpha value is -0.710. The van der Waals surface area contributed by atoms with E-state index in [-0.39, 0.29) is 9.41 Å². The molecule has 1 fully saturated rings. The first-order chi connectivity index (χ1) is 9.46. The van der Waals surface area contributed by atoms with E-state index in [1.165, 1.54) is 0 Å². The standard InChI is InChI=1S/C10H13FN2O4S2/c1-10(16)6(15)5(3-14)17-8(10)13-2-4(11)7(18)12-9(13)19/h2,5-6,8,14-16H,3H2,1H3,(H,12,18,19)/t5-,6+,8-,10?/m1/s1/i3D2. The molecule has 0 radical (unpaired) electrons. The molecule has 0 aliphatic carbocycles. The molecular weight excluding hydrogens is 295 g/mol. The lowest BCUT2D eigenvalue weighted by Gasteiger charge is -2.28. The van der Waals surface area contributed by atoms with E-state index in [1.807, 2.05) is 0 Å². The summed E-state index contributed by atoms with van der Waals surface area (Å²) in [6.45, 7) is -1.74. The van der Waals surface area contributed by atoms with E-state index in [9.17, 15) is 19.7 Å². The second-order valence-electron chi connectivity index (χ2n) is 4.35. The maximum absolute atomic E-state index is 13.6. The third-order valence-electron chi connectivity index (χ3n) is 2.97. The lowest BCUT2D eigenvalue weighted by Crippen LogP contribution is -2.44. The Bertz CT molecular complexity index is 672. The number of nitrogens with one attached hydrogen (secondary N) is 1. The number of H-pyrrole nitrogens is 1. The van der Waals surface area contributed by atoms with Crippen LogP contribution in [0.4, 0.5) is 4.39 Å². The molecule has 19 heavy (non-hydrogen) atoms. The molecule has 1 unspecified atom stereocenters. The van der Waals surface area contributed by atoms with Crippen LogP contribution >= 0.6 is 24.4 Å². The number of aliphatic hydroxyl groups excluding tert-OH is 1. The van der Waals surface area contributed by atoms with E-state index in [2.05, 4.69) is 17.2 Å². The number of nitrogens with zero attached hydrogens (tertiary/aromatic N) is 1. The van der Waals surface area contributed by atoms with E-state index >= 15 is 0 Å². The largest absolute Gasteiger partial charge is 0.394 e. The van der Waals surface area contributed by atoms with Crippen molar-refractivity contribution in [3.05, 3.63) is 21.4 Å². The van der Waals surface area contributed by atoms with Crippen molar-refractivity contribution in [3.8, 4) is 0 Å². The first-order valence-electron chi connectivity index (χ1n) is 6.25. The first-order valence-corrected chi connectivity index (χ1v) is 6.07. The summed E-state index contributed by atoms with van der Waals surface area (Å²) in [5.41, 5.74) is -2.01. The summed E-state index contributed by atoms with van der Waals surface area (Å²) < 4.78 is 33.8. The molecular formula is C10H13FN2O4S2. The Kier molecular flexibility index (Phi) is 3.17. The molecule has 106 valence electrons. The lowest BCUT2D eigenvalue weighted by molar-refractivity contribution is -0.0982. The first kappa shape index (κ1) is 12.1. The van der Waals surface area contributed by atoms with Crippen LogP contribution < -0.4 is 0 Å². The molecule has 2 rings (SSSR count). The summed E-state index contributed by atoms with van der Waals surface area (Å²) >= 11 is 9.63. The number of aromatic amines is 1. The molecule has 1 aromatic heterocycles. The van der Waals surface area contributed by atoms with Crippen molar-refractivity contribution in [2.24, 2.45) is 0 Å². The van der Waals surface area contributed by atoms with Gasteiger partial charge in [0.05, 0.1) is 9.30 Å². The number of halogens is 1. The summed E-state index contributed by atoms with van der Waals surface area (Å²) in [6.07, 6.45) is -4.02. The van der Waals surface area contributed by atoms with Crippen molar-refractivity contribution in [2.45, 2.75) is 31.0 Å². The second kappa shape index (κ2) is 5.00. The van der Waals surface area contributed by atoms with Crippen LogP contribution in [0.2, 0.25) is 0 Å². The quantitative estimate of drug-likeness (QED) is 0.592. The van der Waals surface area contributed by atoms with Crippen LogP contribution in [-0.2, 0) is 4.74 Å². The molecule has 4 N–H and O–H groups in total. The van der Waals surface area contributed by atoms with E-state index < -0.39 is 36.4 Å². The smallest absolute Gasteiger partial charge is 0.180 e. The van der Waals surface area contributed by atoms with Gasteiger partial charge in [-0.25, -0.2) is 4.39 Å². The molecule has 0 saturated carbocycles. The van der Waals surface area contributed by atoms with Crippen LogP contribution in [0.5, 0.6) is 0 Å². The summed E-state index contributed by atoms with van der Waals surface area (Å²) in [5, 5.41) is 29.6. The Morgan fingerprint density at radius 2 is 2.32 bits per heavy atom. The van der Waals surface area contributed by atoms with Gasteiger partial charge in [0.2, 0.25) is 0 Å². The summed E-state index contributed by atoms with van der Waals surface area (Å²) in [4.78, 5) is 2.38. The number of aliphatic hydroxyl groups is 3. The van der Waals surface area contributed by atoms with Crippen molar-refractivity contribution >= 4 is 24.4 Å². The molecule has 0 bridgehead atoms. The Morgan fingerprint density at radius 3 is 2.84 bits per heavy atom. The van der Waals surface area contributed by atoms with Crippen LogP contribution in [0.25, 0.3) is 0 Å². The topological polar surface area (TPSA) is 90.6 Å². The molecule has 0 amide bonds. The fourth-order valence-electron chi connectivity index (χ4n) is 1.89. The minimum Gasteiger partial charge on any atom is -0.394 e. The van der Waals surface area contributed by atoms with E-state index in [4.69, 9.17) is 19.7 Å². The van der Waals surface area contributed by atoms with Crippen molar-refractivity contribution < 1.29 is 27.2 Å². The zero-order valence-corrected chi connectivity index (χ0v) is 11.3. The molecule has 4 atom stereocenters. The van der Waals surface area contributed by atoms with E-state index in [0.29, 0.717) is 0 Å². The summed E-state index contributed by atoms with van der Waals surface area (Å²) in [5.74, 6) is -0.831. The van der Waals surface area contributed by atoms with Crippen LogP contribution in [0.15, 0.2) is 6.20 Å². The zero-order valence-electron chi connectivity index (χ0n) is 11.7. The third-order valence-corrected chi connectivity index (χ3v) is 3.58. The second-order valence-corrected chi connectivity index (χ2v) is 5.15. The van der Waals surface area contributed by atoms with Crippen LogP contribution in [0.3, 0.4) is 0 Å². The Labute approximate surface area is 120 Å². The van der Waals surface area contributed by atoms with Gasteiger partial charge in [0.1, 0.15) is 22.4 Å².